The third-order valence-corrected chi connectivity index (χ3v) is 6.79. The minimum Gasteiger partial charge on any atom is -0.472 e. The van der Waals surface area contributed by atoms with Crippen molar-refractivity contribution in [1.82, 2.24) is 14.8 Å². The molecule has 29 heavy (non-hydrogen) atoms. The normalized spacial score (nSPS) is 21.0. The van der Waals surface area contributed by atoms with Crippen molar-refractivity contribution in [3.05, 3.63) is 80.3 Å². The lowest BCUT2D eigenvalue weighted by Crippen LogP contribution is -2.47. The molecule has 0 saturated carbocycles. The van der Waals surface area contributed by atoms with Crippen LogP contribution in [0.3, 0.4) is 0 Å². The van der Waals surface area contributed by atoms with Gasteiger partial charge in [-0.05, 0) is 42.0 Å². The molecule has 0 radical (unpaired) electrons. The Morgan fingerprint density at radius 1 is 1.21 bits per heavy atom. The molecule has 0 spiro atoms. The quantitative estimate of drug-likeness (QED) is 0.703. The van der Waals surface area contributed by atoms with E-state index in [2.05, 4.69) is 10.2 Å². The predicted octanol–water partition coefficient (Wildman–Crippen LogP) is 3.05. The summed E-state index contributed by atoms with van der Waals surface area (Å²) in [6, 6.07) is 9.61. The number of piperidine rings is 1. The van der Waals surface area contributed by atoms with E-state index in [1.54, 1.807) is 29.9 Å². The molecular formula is C22H23N3O3S. The highest BCUT2D eigenvalue weighted by atomic mass is 32.1. The molecule has 7 heteroatoms. The first kappa shape index (κ1) is 18.4. The number of nitrogens with zero attached hydrogens (tertiary/aromatic N) is 2. The first-order chi connectivity index (χ1) is 14.2. The van der Waals surface area contributed by atoms with Gasteiger partial charge in [-0.25, -0.2) is 0 Å². The van der Waals surface area contributed by atoms with E-state index in [4.69, 9.17) is 4.42 Å². The van der Waals surface area contributed by atoms with Gasteiger partial charge in [-0.1, -0.05) is 6.07 Å². The standard InChI is InChI=1S/C22H23N3O3S/c26-21(23-9-18-2-1-7-29-18)19-3-4-20-17-8-16(12-25(20)22(19)27)11-24(13-17)10-15-5-6-28-14-15/h1-7,14,16-17H,8-13H2,(H,23,26)/t16-,17+/m0/s1. The number of hydrogen-bond acceptors (Lipinski definition) is 5. The van der Waals surface area contributed by atoms with Gasteiger partial charge in [0.2, 0.25) is 0 Å². The summed E-state index contributed by atoms with van der Waals surface area (Å²) < 4.78 is 7.03. The summed E-state index contributed by atoms with van der Waals surface area (Å²) in [6.45, 7) is 3.88. The van der Waals surface area contributed by atoms with Crippen molar-refractivity contribution in [2.24, 2.45) is 5.92 Å². The Balaban J connectivity index is 1.34. The number of hydrogen-bond donors (Lipinski definition) is 1. The zero-order valence-electron chi connectivity index (χ0n) is 16.0. The second-order valence-corrected chi connectivity index (χ2v) is 9.01. The van der Waals surface area contributed by atoms with Gasteiger partial charge in [0.05, 0.1) is 19.1 Å². The highest BCUT2D eigenvalue weighted by Gasteiger charge is 2.35. The van der Waals surface area contributed by atoms with E-state index in [1.807, 2.05) is 34.2 Å². The molecule has 2 aliphatic heterocycles. The van der Waals surface area contributed by atoms with Gasteiger partial charge in [-0.3, -0.25) is 14.5 Å². The highest BCUT2D eigenvalue weighted by Crippen LogP contribution is 2.35. The number of amides is 1. The number of fused-ring (bicyclic) bond motifs is 4. The van der Waals surface area contributed by atoms with Gasteiger partial charge < -0.3 is 14.3 Å². The first-order valence-corrected chi connectivity index (χ1v) is 10.8. The zero-order chi connectivity index (χ0) is 19.8. The number of furan rings is 1. The van der Waals surface area contributed by atoms with Gasteiger partial charge in [0, 0.05) is 48.2 Å². The van der Waals surface area contributed by atoms with Crippen LogP contribution >= 0.6 is 11.3 Å². The second kappa shape index (κ2) is 7.65. The molecule has 1 N–H and O–H groups in total. The Morgan fingerprint density at radius 2 is 2.14 bits per heavy atom. The molecule has 5 heterocycles. The van der Waals surface area contributed by atoms with E-state index in [1.165, 1.54) is 5.56 Å². The van der Waals surface area contributed by atoms with E-state index >= 15 is 0 Å². The summed E-state index contributed by atoms with van der Waals surface area (Å²) in [7, 11) is 0. The van der Waals surface area contributed by atoms with Gasteiger partial charge in [0.1, 0.15) is 5.56 Å². The van der Waals surface area contributed by atoms with Crippen LogP contribution in [0.4, 0.5) is 0 Å². The highest BCUT2D eigenvalue weighted by molar-refractivity contribution is 7.09. The van der Waals surface area contributed by atoms with E-state index in [-0.39, 0.29) is 17.0 Å². The maximum Gasteiger partial charge on any atom is 0.263 e. The largest absolute Gasteiger partial charge is 0.472 e. The molecule has 3 aromatic rings. The summed E-state index contributed by atoms with van der Waals surface area (Å²) in [4.78, 5) is 29.2. The fourth-order valence-corrected chi connectivity index (χ4v) is 5.31. The van der Waals surface area contributed by atoms with Gasteiger partial charge in [0.15, 0.2) is 0 Å². The number of rotatable bonds is 5. The van der Waals surface area contributed by atoms with Crippen molar-refractivity contribution in [3.8, 4) is 0 Å². The zero-order valence-corrected chi connectivity index (χ0v) is 16.9. The second-order valence-electron chi connectivity index (χ2n) is 7.97. The average molecular weight is 410 g/mol. The average Bonchev–Trinajstić information content (AvgIpc) is 3.41. The van der Waals surface area contributed by atoms with Crippen LogP contribution in [0.25, 0.3) is 0 Å². The topological polar surface area (TPSA) is 67.5 Å². The van der Waals surface area contributed by atoms with Crippen LogP contribution in [-0.4, -0.2) is 28.5 Å². The minimum atomic E-state index is -0.295. The Bertz CT molecular complexity index is 1060. The molecule has 0 unspecified atom stereocenters. The van der Waals surface area contributed by atoms with Crippen LogP contribution in [0.2, 0.25) is 0 Å². The third-order valence-electron chi connectivity index (χ3n) is 5.91. The molecule has 5 rings (SSSR count). The molecule has 1 saturated heterocycles. The Morgan fingerprint density at radius 3 is 2.93 bits per heavy atom. The summed E-state index contributed by atoms with van der Waals surface area (Å²) in [5, 5.41) is 4.85. The first-order valence-electron chi connectivity index (χ1n) is 9.95. The van der Waals surface area contributed by atoms with E-state index in [0.717, 1.165) is 36.6 Å². The van der Waals surface area contributed by atoms with E-state index in [0.29, 0.717) is 24.9 Å². The number of carbonyl (C=O) groups excluding carboxylic acids is 1. The number of likely N-dealkylation sites (tertiary alicyclic amines) is 1. The molecule has 0 aliphatic carbocycles. The van der Waals surface area contributed by atoms with Crippen LogP contribution in [0.5, 0.6) is 0 Å². The number of nitrogens with one attached hydrogen (secondary N) is 1. The van der Waals surface area contributed by atoms with Crippen LogP contribution in [0, 0.1) is 5.92 Å². The van der Waals surface area contributed by atoms with Crippen LogP contribution in [0.1, 0.15) is 38.8 Å². The fraction of sp³-hybridized carbons (Fsp3) is 0.364. The Kier molecular flexibility index (Phi) is 4.85. The van der Waals surface area contributed by atoms with Crippen molar-refractivity contribution in [3.63, 3.8) is 0 Å². The molecule has 3 aromatic heterocycles. The Hall–Kier alpha value is -2.64. The number of pyridine rings is 1. The van der Waals surface area contributed by atoms with Crippen LogP contribution < -0.4 is 10.9 Å². The number of carbonyl (C=O) groups is 1. The smallest absolute Gasteiger partial charge is 0.263 e. The SMILES string of the molecule is O=C(NCc1cccs1)c1ccc2n(c1=O)C[C@H]1C[C@@H]2CN(Cc2ccoc2)C1. The maximum absolute atomic E-state index is 13.1. The number of aromatic nitrogens is 1. The minimum absolute atomic E-state index is 0.163. The number of thiophene rings is 1. The molecule has 0 aromatic carbocycles. The van der Waals surface area contributed by atoms with Gasteiger partial charge in [-0.15, -0.1) is 11.3 Å². The molecule has 2 atom stereocenters. The van der Waals surface area contributed by atoms with Crippen LogP contribution in [0.15, 0.2) is 57.4 Å². The molecule has 2 aliphatic rings. The van der Waals surface area contributed by atoms with Crippen molar-refractivity contribution in [2.45, 2.75) is 32.0 Å². The van der Waals surface area contributed by atoms with Crippen molar-refractivity contribution < 1.29 is 9.21 Å². The summed E-state index contributed by atoms with van der Waals surface area (Å²) in [6.07, 6.45) is 4.61. The fourth-order valence-electron chi connectivity index (χ4n) is 4.66. The lowest BCUT2D eigenvalue weighted by Gasteiger charge is -2.42. The third kappa shape index (κ3) is 3.68. The molecule has 1 fully saturated rings. The molecule has 1 amide bonds. The van der Waals surface area contributed by atoms with Gasteiger partial charge in [-0.2, -0.15) is 0 Å². The predicted molar refractivity (Wildman–Crippen MR) is 111 cm³/mol. The summed E-state index contributed by atoms with van der Waals surface area (Å²) >= 11 is 1.59. The van der Waals surface area contributed by atoms with Crippen molar-refractivity contribution in [1.29, 1.82) is 0 Å². The molecule has 2 bridgehead atoms. The van der Waals surface area contributed by atoms with E-state index in [9.17, 15) is 9.59 Å². The lowest BCUT2D eigenvalue weighted by atomic mass is 9.83. The van der Waals surface area contributed by atoms with Gasteiger partial charge >= 0.3 is 0 Å². The van der Waals surface area contributed by atoms with Gasteiger partial charge in [0.25, 0.3) is 11.5 Å². The Labute approximate surface area is 172 Å². The van der Waals surface area contributed by atoms with Crippen molar-refractivity contribution in [2.75, 3.05) is 13.1 Å². The van der Waals surface area contributed by atoms with Crippen LogP contribution in [-0.2, 0) is 19.6 Å². The summed E-state index contributed by atoms with van der Waals surface area (Å²) in [5.74, 6) is 0.455. The van der Waals surface area contributed by atoms with E-state index < -0.39 is 0 Å². The lowest BCUT2D eigenvalue weighted by molar-refractivity contribution is 0.0944. The molecular weight excluding hydrogens is 386 g/mol. The van der Waals surface area contributed by atoms with Crippen molar-refractivity contribution >= 4 is 17.2 Å². The monoisotopic (exact) mass is 409 g/mol. The summed E-state index contributed by atoms with van der Waals surface area (Å²) in [5.41, 5.74) is 2.31. The maximum atomic E-state index is 13.1. The molecule has 6 nitrogen and oxygen atoms in total. The molecule has 150 valence electrons.